The molecular weight excluding hydrogens is 250 g/mol. The van der Waals surface area contributed by atoms with E-state index in [9.17, 15) is 4.39 Å². The van der Waals surface area contributed by atoms with Crippen LogP contribution in [0.3, 0.4) is 0 Å². The molecule has 1 saturated heterocycles. The number of hydrogen-bond acceptors (Lipinski definition) is 4. The van der Waals surface area contributed by atoms with Crippen LogP contribution in [-0.4, -0.2) is 38.8 Å². The normalized spacial score (nSPS) is 22.9. The Morgan fingerprint density at radius 1 is 1.11 bits per heavy atom. The van der Waals surface area contributed by atoms with Gasteiger partial charge in [-0.1, -0.05) is 0 Å². The second-order valence-corrected chi connectivity index (χ2v) is 5.82. The molecule has 0 aromatic carbocycles. The molecule has 6 heteroatoms. The maximum absolute atomic E-state index is 14.3. The summed E-state index contributed by atoms with van der Waals surface area (Å²) in [5, 5.41) is 0. The third-order valence-corrected chi connectivity index (χ3v) is 3.87. The molecule has 0 N–H and O–H groups in total. The van der Waals surface area contributed by atoms with Gasteiger partial charge in [-0.3, -0.25) is 0 Å². The van der Waals surface area contributed by atoms with E-state index in [1.54, 1.807) is 6.92 Å². The first-order valence-corrected chi connectivity index (χ1v) is 6.41. The summed E-state index contributed by atoms with van der Waals surface area (Å²) in [4.78, 5) is 0. The van der Waals surface area contributed by atoms with Gasteiger partial charge < -0.3 is 18.8 Å². The molecule has 19 heavy (non-hydrogen) atoms. The van der Waals surface area contributed by atoms with Gasteiger partial charge in [-0.25, -0.2) is 4.39 Å². The molecule has 0 aliphatic carbocycles. The second kappa shape index (κ2) is 5.91. The summed E-state index contributed by atoms with van der Waals surface area (Å²) in [5.74, 6) is 0. The number of methoxy groups -OCH3 is 2. The van der Waals surface area contributed by atoms with Gasteiger partial charge in [0, 0.05) is 20.6 Å². The van der Waals surface area contributed by atoms with Gasteiger partial charge in [0.15, 0.2) is 6.29 Å². The van der Waals surface area contributed by atoms with Crippen LogP contribution in [0.5, 0.6) is 0 Å². The summed E-state index contributed by atoms with van der Waals surface area (Å²) in [6.07, 6.45) is -0.128. The van der Waals surface area contributed by atoms with Gasteiger partial charge in [0.25, 0.3) is 0 Å². The summed E-state index contributed by atoms with van der Waals surface area (Å²) < 4.78 is 35.8. The molecular formula is C13H24BFO4. The van der Waals surface area contributed by atoms with E-state index in [1.165, 1.54) is 14.2 Å². The first-order valence-electron chi connectivity index (χ1n) is 6.41. The third-order valence-electron chi connectivity index (χ3n) is 3.87. The number of rotatable bonds is 5. The van der Waals surface area contributed by atoms with E-state index in [0.717, 1.165) is 0 Å². The van der Waals surface area contributed by atoms with Crippen molar-refractivity contribution in [3.8, 4) is 0 Å². The van der Waals surface area contributed by atoms with Gasteiger partial charge in [0.05, 0.1) is 11.2 Å². The fourth-order valence-corrected chi connectivity index (χ4v) is 1.76. The fraction of sp³-hybridized carbons (Fsp3) is 0.846. The zero-order valence-electron chi connectivity index (χ0n) is 12.9. The lowest BCUT2D eigenvalue weighted by Crippen LogP contribution is -2.41. The minimum absolute atomic E-state index is 0.336. The standard InChI is InChI=1S/C13H24BFO4/c1-9(8-10(16-6)17-7)11(15)14-18-12(2,3)13(4,5)19-14/h10H,8H2,1-7H3. The smallest absolute Gasteiger partial charge is 0.398 e. The average Bonchev–Trinajstić information content (AvgIpc) is 2.54. The maximum atomic E-state index is 14.3. The molecule has 0 atom stereocenters. The summed E-state index contributed by atoms with van der Waals surface area (Å²) in [7, 11) is 2.09. The Labute approximate surface area is 115 Å². The van der Waals surface area contributed by atoms with Crippen LogP contribution < -0.4 is 0 Å². The van der Waals surface area contributed by atoms with Crippen molar-refractivity contribution in [2.75, 3.05) is 14.2 Å². The Morgan fingerprint density at radius 2 is 1.53 bits per heavy atom. The zero-order valence-corrected chi connectivity index (χ0v) is 12.9. The van der Waals surface area contributed by atoms with Crippen LogP contribution in [0.15, 0.2) is 11.3 Å². The highest BCUT2D eigenvalue weighted by Gasteiger charge is 2.53. The summed E-state index contributed by atoms with van der Waals surface area (Å²) in [6, 6.07) is 0. The lowest BCUT2D eigenvalue weighted by Gasteiger charge is -2.32. The Kier molecular flexibility index (Phi) is 5.18. The van der Waals surface area contributed by atoms with Crippen molar-refractivity contribution in [2.24, 2.45) is 0 Å². The van der Waals surface area contributed by atoms with Gasteiger partial charge in [0.1, 0.15) is 5.73 Å². The first-order chi connectivity index (χ1) is 8.64. The molecule has 1 aliphatic rings. The molecule has 0 bridgehead atoms. The van der Waals surface area contributed by atoms with Crippen LogP contribution in [0, 0.1) is 0 Å². The van der Waals surface area contributed by atoms with E-state index in [1.807, 2.05) is 27.7 Å². The molecule has 110 valence electrons. The quantitative estimate of drug-likeness (QED) is 0.570. The molecule has 0 spiro atoms. The number of halogens is 1. The molecule has 0 amide bonds. The van der Waals surface area contributed by atoms with Crippen molar-refractivity contribution in [2.45, 2.75) is 58.5 Å². The SMILES string of the molecule is COC(CC(C)=C(F)B1OC(C)(C)C(C)(C)O1)OC. The largest absolute Gasteiger partial charge is 0.525 e. The minimum atomic E-state index is -0.959. The topological polar surface area (TPSA) is 36.9 Å². The van der Waals surface area contributed by atoms with Gasteiger partial charge >= 0.3 is 7.12 Å². The zero-order chi connectivity index (χ0) is 14.8. The monoisotopic (exact) mass is 274 g/mol. The lowest BCUT2D eigenvalue weighted by atomic mass is 9.84. The summed E-state index contributed by atoms with van der Waals surface area (Å²) in [6.45, 7) is 9.25. The Morgan fingerprint density at radius 3 is 1.89 bits per heavy atom. The number of hydrogen-bond donors (Lipinski definition) is 0. The van der Waals surface area contributed by atoms with Crippen molar-refractivity contribution in [3.05, 3.63) is 11.3 Å². The first kappa shape index (κ1) is 16.6. The predicted molar refractivity (Wildman–Crippen MR) is 72.3 cm³/mol. The lowest BCUT2D eigenvalue weighted by molar-refractivity contribution is -0.100. The molecule has 0 aromatic heterocycles. The summed E-state index contributed by atoms with van der Waals surface area (Å²) in [5.41, 5.74) is -0.987. The van der Waals surface area contributed by atoms with Gasteiger partial charge in [-0.05, 0) is 40.2 Å². The third kappa shape index (κ3) is 3.57. The molecule has 1 heterocycles. The van der Waals surface area contributed by atoms with Crippen molar-refractivity contribution < 1.29 is 23.2 Å². The van der Waals surface area contributed by atoms with Crippen LogP contribution in [0.25, 0.3) is 0 Å². The van der Waals surface area contributed by atoms with E-state index in [4.69, 9.17) is 18.8 Å². The van der Waals surface area contributed by atoms with Crippen LogP contribution in [0.4, 0.5) is 4.39 Å². The highest BCUT2D eigenvalue weighted by Crippen LogP contribution is 2.39. The molecule has 1 aliphatic heterocycles. The molecule has 1 fully saturated rings. The van der Waals surface area contributed by atoms with Gasteiger partial charge in [-0.2, -0.15) is 0 Å². The van der Waals surface area contributed by atoms with Gasteiger partial charge in [0.2, 0.25) is 0 Å². The van der Waals surface area contributed by atoms with Crippen molar-refractivity contribution >= 4 is 7.12 Å². The van der Waals surface area contributed by atoms with E-state index in [2.05, 4.69) is 0 Å². The fourth-order valence-electron chi connectivity index (χ4n) is 1.76. The minimum Gasteiger partial charge on any atom is -0.398 e. The van der Waals surface area contributed by atoms with E-state index < -0.39 is 30.3 Å². The van der Waals surface area contributed by atoms with Crippen molar-refractivity contribution in [1.82, 2.24) is 0 Å². The van der Waals surface area contributed by atoms with E-state index in [0.29, 0.717) is 12.0 Å². The molecule has 0 unspecified atom stereocenters. The highest BCUT2D eigenvalue weighted by molar-refractivity contribution is 6.53. The van der Waals surface area contributed by atoms with Crippen LogP contribution in [-0.2, 0) is 18.8 Å². The Bertz CT molecular complexity index is 335. The predicted octanol–water partition coefficient (Wildman–Crippen LogP) is 2.87. The molecule has 0 radical (unpaired) electrons. The van der Waals surface area contributed by atoms with E-state index in [-0.39, 0.29) is 0 Å². The van der Waals surface area contributed by atoms with Crippen LogP contribution >= 0.6 is 0 Å². The second-order valence-electron chi connectivity index (χ2n) is 5.82. The van der Waals surface area contributed by atoms with Crippen molar-refractivity contribution in [1.29, 1.82) is 0 Å². The van der Waals surface area contributed by atoms with E-state index >= 15 is 0 Å². The maximum Gasteiger partial charge on any atom is 0.525 e. The molecule has 4 nitrogen and oxygen atoms in total. The van der Waals surface area contributed by atoms with Crippen LogP contribution in [0.1, 0.15) is 41.0 Å². The Balaban J connectivity index is 2.81. The van der Waals surface area contributed by atoms with Gasteiger partial charge in [-0.15, -0.1) is 0 Å². The molecule has 1 rings (SSSR count). The average molecular weight is 274 g/mol. The summed E-state index contributed by atoms with van der Waals surface area (Å²) >= 11 is 0. The van der Waals surface area contributed by atoms with Crippen molar-refractivity contribution in [3.63, 3.8) is 0 Å². The molecule has 0 aromatic rings. The van der Waals surface area contributed by atoms with Crippen LogP contribution in [0.2, 0.25) is 0 Å². The highest BCUT2D eigenvalue weighted by atomic mass is 19.1. The molecule has 0 saturated carbocycles. The Hall–Kier alpha value is -0.425. The number of ether oxygens (including phenoxy) is 2.